The molecule has 0 aliphatic carbocycles. The zero-order valence-electron chi connectivity index (χ0n) is 38.1. The van der Waals surface area contributed by atoms with Crippen LogP contribution < -0.4 is 0 Å². The van der Waals surface area contributed by atoms with E-state index in [1.807, 2.05) is 121 Å². The van der Waals surface area contributed by atoms with Gasteiger partial charge in [-0.2, -0.15) is 10.5 Å². The molecule has 0 aliphatic rings. The highest BCUT2D eigenvalue weighted by Gasteiger charge is 2.22. The lowest BCUT2D eigenvalue weighted by atomic mass is 9.99. The predicted octanol–water partition coefficient (Wildman–Crippen LogP) is 15.4. The van der Waals surface area contributed by atoms with Crippen molar-refractivity contribution in [3.05, 3.63) is 248 Å². The van der Waals surface area contributed by atoms with Gasteiger partial charge in [-0.3, -0.25) is 0 Å². The first-order valence-corrected chi connectivity index (χ1v) is 23.3. The monoisotopic (exact) mass is 905 g/mol. The summed E-state index contributed by atoms with van der Waals surface area (Å²) in [7, 11) is 0. The SMILES string of the molecule is N#Cc1cccc(-c2ccc3c(c2)c2cc(-c4cccc(C#N)c4)ccc2n3-c2ccc(-c3nc(-c4ccccc4)cc(-c4ccccc4)n3)cc2-c2nc(-c3ccccc3)cc(-c3ccccc3)n2)c1. The van der Waals surface area contributed by atoms with E-state index in [9.17, 15) is 10.5 Å². The van der Waals surface area contributed by atoms with Gasteiger partial charge in [-0.1, -0.05) is 158 Å². The van der Waals surface area contributed by atoms with Crippen LogP contribution in [0.15, 0.2) is 237 Å². The fourth-order valence-corrected chi connectivity index (χ4v) is 9.40. The minimum absolute atomic E-state index is 0.537. The Hall–Kier alpha value is -10.1. The molecule has 0 radical (unpaired) electrons. The van der Waals surface area contributed by atoms with E-state index in [-0.39, 0.29) is 0 Å². The van der Waals surface area contributed by atoms with E-state index >= 15 is 0 Å². The van der Waals surface area contributed by atoms with Crippen LogP contribution >= 0.6 is 0 Å². The van der Waals surface area contributed by atoms with E-state index < -0.39 is 0 Å². The van der Waals surface area contributed by atoms with Crippen LogP contribution in [0.5, 0.6) is 0 Å². The summed E-state index contributed by atoms with van der Waals surface area (Å²) in [4.78, 5) is 21.4. The highest BCUT2D eigenvalue weighted by Crippen LogP contribution is 2.41. The molecule has 7 heteroatoms. The van der Waals surface area contributed by atoms with Gasteiger partial charge in [0.1, 0.15) is 0 Å². The summed E-state index contributed by atoms with van der Waals surface area (Å²) in [6, 6.07) is 84.3. The van der Waals surface area contributed by atoms with Crippen LogP contribution in [0, 0.1) is 22.7 Å². The molecule has 0 aliphatic heterocycles. The van der Waals surface area contributed by atoms with Crippen LogP contribution in [-0.2, 0) is 0 Å². The van der Waals surface area contributed by atoms with E-state index in [4.69, 9.17) is 19.9 Å². The van der Waals surface area contributed by atoms with Crippen molar-refractivity contribution in [1.29, 1.82) is 10.5 Å². The van der Waals surface area contributed by atoms with Crippen LogP contribution in [-0.4, -0.2) is 24.5 Å². The molecule has 0 amide bonds. The Labute approximate surface area is 410 Å². The molecular formula is C64H39N7. The molecule has 0 unspecified atom stereocenters. The largest absolute Gasteiger partial charge is 0.308 e. The summed E-state index contributed by atoms with van der Waals surface area (Å²) in [6.07, 6.45) is 0. The number of rotatable bonds is 9. The summed E-state index contributed by atoms with van der Waals surface area (Å²) < 4.78 is 2.30. The van der Waals surface area contributed by atoms with Crippen molar-refractivity contribution in [2.45, 2.75) is 0 Å². The Morgan fingerprint density at radius 2 is 0.662 bits per heavy atom. The van der Waals surface area contributed by atoms with Crippen molar-refractivity contribution in [2.24, 2.45) is 0 Å². The second-order valence-corrected chi connectivity index (χ2v) is 17.3. The number of benzene rings is 9. The molecule has 7 nitrogen and oxygen atoms in total. The molecule has 0 atom stereocenters. The minimum Gasteiger partial charge on any atom is -0.308 e. The molecule has 330 valence electrons. The first kappa shape index (κ1) is 42.3. The van der Waals surface area contributed by atoms with Crippen LogP contribution in [0.25, 0.3) is 118 Å². The third kappa shape index (κ3) is 8.16. The highest BCUT2D eigenvalue weighted by molar-refractivity contribution is 6.12. The van der Waals surface area contributed by atoms with E-state index in [2.05, 4.69) is 132 Å². The van der Waals surface area contributed by atoms with E-state index in [1.165, 1.54) is 0 Å². The Kier molecular flexibility index (Phi) is 10.8. The van der Waals surface area contributed by atoms with Gasteiger partial charge in [-0.05, 0) is 101 Å². The highest BCUT2D eigenvalue weighted by atomic mass is 15.0. The zero-order chi connectivity index (χ0) is 47.7. The number of fused-ring (bicyclic) bond motifs is 3. The Bertz CT molecular complexity index is 3830. The normalized spacial score (nSPS) is 11.1. The molecule has 0 saturated heterocycles. The van der Waals surface area contributed by atoms with Gasteiger partial charge in [0.2, 0.25) is 0 Å². The fourth-order valence-electron chi connectivity index (χ4n) is 9.40. The van der Waals surface area contributed by atoms with E-state index in [0.29, 0.717) is 22.8 Å². The molecule has 3 heterocycles. The van der Waals surface area contributed by atoms with Gasteiger partial charge >= 0.3 is 0 Å². The maximum atomic E-state index is 9.84. The second-order valence-electron chi connectivity index (χ2n) is 17.3. The van der Waals surface area contributed by atoms with E-state index in [0.717, 1.165) is 106 Å². The molecule has 3 aromatic heterocycles. The van der Waals surface area contributed by atoms with Gasteiger partial charge in [-0.15, -0.1) is 0 Å². The maximum absolute atomic E-state index is 9.84. The van der Waals surface area contributed by atoms with Gasteiger partial charge in [0.15, 0.2) is 11.6 Å². The van der Waals surface area contributed by atoms with Crippen LogP contribution in [0.1, 0.15) is 11.1 Å². The van der Waals surface area contributed by atoms with Crippen molar-refractivity contribution in [2.75, 3.05) is 0 Å². The molecule has 0 N–H and O–H groups in total. The fraction of sp³-hybridized carbons (Fsp3) is 0. The number of aromatic nitrogens is 5. The summed E-state index contributed by atoms with van der Waals surface area (Å²) in [6.45, 7) is 0. The standard InChI is InChI=1S/C64H39N7/c65-40-42-15-13-25-48(33-42)50-27-30-60-53(35-50)54-36-51(49-26-14-16-43(34-49)41-66)28-31-61(54)71(60)62-32-29-52(63-67-56(44-17-5-1-6-18-44)38-57(68-63)45-19-7-2-8-20-45)37-55(62)64-69-58(46-21-9-3-10-22-46)39-59(70-64)47-23-11-4-12-24-47/h1-39H. The average Bonchev–Trinajstić information content (AvgIpc) is 3.78. The summed E-state index contributed by atoms with van der Waals surface area (Å²) in [5.41, 5.74) is 16.5. The Balaban J connectivity index is 1.15. The molecule has 0 bridgehead atoms. The number of hydrogen-bond donors (Lipinski definition) is 0. The van der Waals surface area contributed by atoms with Gasteiger partial charge < -0.3 is 4.57 Å². The van der Waals surface area contributed by atoms with Crippen molar-refractivity contribution >= 4 is 21.8 Å². The second kappa shape index (κ2) is 18.2. The third-order valence-corrected chi connectivity index (χ3v) is 12.9. The summed E-state index contributed by atoms with van der Waals surface area (Å²) >= 11 is 0. The molecule has 0 saturated carbocycles. The van der Waals surface area contributed by atoms with Crippen molar-refractivity contribution < 1.29 is 0 Å². The lowest BCUT2D eigenvalue weighted by Gasteiger charge is -2.17. The Morgan fingerprint density at radius 3 is 1.07 bits per heavy atom. The maximum Gasteiger partial charge on any atom is 0.162 e. The molecular weight excluding hydrogens is 867 g/mol. The molecule has 0 spiro atoms. The smallest absolute Gasteiger partial charge is 0.162 e. The predicted molar refractivity (Wildman–Crippen MR) is 285 cm³/mol. The van der Waals surface area contributed by atoms with Crippen LogP contribution in [0.2, 0.25) is 0 Å². The molecule has 12 aromatic rings. The summed E-state index contributed by atoms with van der Waals surface area (Å²) in [5, 5.41) is 21.7. The van der Waals surface area contributed by atoms with Crippen molar-refractivity contribution in [1.82, 2.24) is 24.5 Å². The molecule has 0 fully saturated rings. The lowest BCUT2D eigenvalue weighted by Crippen LogP contribution is -2.03. The Morgan fingerprint density at radius 1 is 0.296 bits per heavy atom. The molecule has 12 rings (SSSR count). The molecule has 71 heavy (non-hydrogen) atoms. The lowest BCUT2D eigenvalue weighted by molar-refractivity contribution is 1.13. The van der Waals surface area contributed by atoms with Crippen LogP contribution in [0.4, 0.5) is 0 Å². The third-order valence-electron chi connectivity index (χ3n) is 12.9. The molecule has 9 aromatic carbocycles. The summed E-state index contributed by atoms with van der Waals surface area (Å²) in [5.74, 6) is 1.10. The van der Waals surface area contributed by atoms with Gasteiger partial charge in [0.05, 0.1) is 62.8 Å². The number of hydrogen-bond acceptors (Lipinski definition) is 6. The van der Waals surface area contributed by atoms with Gasteiger partial charge in [0.25, 0.3) is 0 Å². The quantitative estimate of drug-likeness (QED) is 0.143. The minimum atomic E-state index is 0.537. The number of nitriles is 2. The van der Waals surface area contributed by atoms with Crippen molar-refractivity contribution in [3.8, 4) is 108 Å². The van der Waals surface area contributed by atoms with Gasteiger partial charge in [0, 0.05) is 44.2 Å². The van der Waals surface area contributed by atoms with E-state index in [1.54, 1.807) is 0 Å². The zero-order valence-corrected chi connectivity index (χ0v) is 38.1. The topological polar surface area (TPSA) is 104 Å². The first-order chi connectivity index (χ1) is 35.1. The number of nitrogens with zero attached hydrogens (tertiary/aromatic N) is 7. The van der Waals surface area contributed by atoms with Crippen molar-refractivity contribution in [3.63, 3.8) is 0 Å². The average molecular weight is 906 g/mol. The van der Waals surface area contributed by atoms with Gasteiger partial charge in [-0.25, -0.2) is 19.9 Å². The van der Waals surface area contributed by atoms with Crippen LogP contribution in [0.3, 0.4) is 0 Å². The first-order valence-electron chi connectivity index (χ1n) is 23.3.